The first kappa shape index (κ1) is 17.0. The van der Waals surface area contributed by atoms with Crippen molar-refractivity contribution in [3.63, 3.8) is 0 Å². The van der Waals surface area contributed by atoms with E-state index in [1.807, 2.05) is 19.1 Å². The second-order valence-corrected chi connectivity index (χ2v) is 7.77. The Morgan fingerprint density at radius 3 is 1.65 bits per heavy atom. The lowest BCUT2D eigenvalue weighted by Gasteiger charge is -2.28. The van der Waals surface area contributed by atoms with Crippen molar-refractivity contribution in [3.8, 4) is 5.75 Å². The Kier molecular flexibility index (Phi) is 4.88. The second kappa shape index (κ2) is 5.74. The van der Waals surface area contributed by atoms with Crippen molar-refractivity contribution in [2.24, 2.45) is 0 Å². The minimum Gasteiger partial charge on any atom is -0.507 e. The summed E-state index contributed by atoms with van der Waals surface area (Å²) in [6, 6.07) is 4.22. The molecule has 0 unspecified atom stereocenters. The zero-order chi connectivity index (χ0) is 15.7. The third kappa shape index (κ3) is 4.22. The van der Waals surface area contributed by atoms with E-state index >= 15 is 0 Å². The summed E-state index contributed by atoms with van der Waals surface area (Å²) in [6.07, 6.45) is 0. The van der Waals surface area contributed by atoms with E-state index in [-0.39, 0.29) is 10.8 Å². The zero-order valence-electron chi connectivity index (χ0n) is 14.3. The molecule has 114 valence electrons. The maximum absolute atomic E-state index is 10.6. The molecule has 3 heteroatoms. The van der Waals surface area contributed by atoms with Crippen molar-refractivity contribution in [2.75, 3.05) is 14.1 Å². The van der Waals surface area contributed by atoms with E-state index in [1.165, 1.54) is 5.56 Å². The number of benzene rings is 1. The molecule has 1 aromatic carbocycles. The number of nitrogens with zero attached hydrogens (tertiary/aromatic N) is 1. The summed E-state index contributed by atoms with van der Waals surface area (Å²) in [7, 11) is 3.96. The van der Waals surface area contributed by atoms with Gasteiger partial charge in [-0.15, -0.1) is 0 Å². The van der Waals surface area contributed by atoms with Crippen molar-refractivity contribution >= 4 is 0 Å². The van der Waals surface area contributed by atoms with Gasteiger partial charge in [0.05, 0.1) is 0 Å². The zero-order valence-corrected chi connectivity index (χ0v) is 14.3. The average molecular weight is 278 g/mol. The molecule has 0 atom stereocenters. The Labute approximate surface area is 124 Å². The molecular weight excluding hydrogens is 248 g/mol. The number of nitrogens with one attached hydrogen (secondary N) is 1. The first-order chi connectivity index (χ1) is 8.93. The van der Waals surface area contributed by atoms with E-state index in [1.54, 1.807) is 0 Å². The molecule has 1 rings (SSSR count). The van der Waals surface area contributed by atoms with E-state index < -0.39 is 0 Å². The van der Waals surface area contributed by atoms with Gasteiger partial charge in [0.1, 0.15) is 5.75 Å². The van der Waals surface area contributed by atoms with Crippen molar-refractivity contribution < 1.29 is 5.11 Å². The number of hydrogen-bond donors (Lipinski definition) is 2. The summed E-state index contributed by atoms with van der Waals surface area (Å²) in [4.78, 5) is 0. The molecule has 0 bridgehead atoms. The summed E-state index contributed by atoms with van der Waals surface area (Å²) in [6.45, 7) is 13.6. The van der Waals surface area contributed by atoms with Crippen LogP contribution in [-0.2, 0) is 17.4 Å². The number of phenolic OH excluding ortho intramolecular Hbond substituents is 1. The fourth-order valence-corrected chi connectivity index (χ4v) is 2.19. The maximum atomic E-state index is 10.6. The van der Waals surface area contributed by atoms with Crippen LogP contribution >= 0.6 is 0 Å². The van der Waals surface area contributed by atoms with Gasteiger partial charge < -0.3 is 5.11 Å². The molecule has 3 nitrogen and oxygen atoms in total. The van der Waals surface area contributed by atoms with Crippen LogP contribution in [0.5, 0.6) is 5.75 Å². The fourth-order valence-electron chi connectivity index (χ4n) is 2.19. The molecular formula is C17H30N2O. The highest BCUT2D eigenvalue weighted by Crippen LogP contribution is 2.39. The average Bonchev–Trinajstić information content (AvgIpc) is 2.24. The van der Waals surface area contributed by atoms with Crippen LogP contribution < -0.4 is 5.43 Å². The fraction of sp³-hybridized carbons (Fsp3) is 0.647. The van der Waals surface area contributed by atoms with Crippen LogP contribution in [0.1, 0.15) is 58.2 Å². The molecule has 0 fully saturated rings. The molecule has 1 aromatic rings. The van der Waals surface area contributed by atoms with Gasteiger partial charge in [-0.05, 0) is 27.5 Å². The highest BCUT2D eigenvalue weighted by molar-refractivity contribution is 5.49. The summed E-state index contributed by atoms with van der Waals surface area (Å²) >= 11 is 0. The van der Waals surface area contributed by atoms with Gasteiger partial charge in [0.15, 0.2) is 0 Å². The summed E-state index contributed by atoms with van der Waals surface area (Å²) in [5, 5.41) is 12.6. The number of hydrogen-bond acceptors (Lipinski definition) is 3. The molecule has 0 amide bonds. The largest absolute Gasteiger partial charge is 0.507 e. The molecule has 0 heterocycles. The molecule has 0 aromatic heterocycles. The second-order valence-electron chi connectivity index (χ2n) is 7.77. The van der Waals surface area contributed by atoms with Crippen LogP contribution in [0.4, 0.5) is 0 Å². The van der Waals surface area contributed by atoms with Gasteiger partial charge in [-0.1, -0.05) is 53.7 Å². The minimum absolute atomic E-state index is 0.0712. The van der Waals surface area contributed by atoms with E-state index in [9.17, 15) is 5.11 Å². The van der Waals surface area contributed by atoms with Gasteiger partial charge in [0, 0.05) is 20.6 Å². The van der Waals surface area contributed by atoms with Gasteiger partial charge in [0.25, 0.3) is 0 Å². The summed E-state index contributed by atoms with van der Waals surface area (Å²) < 4.78 is 0. The number of phenols is 1. The standard InChI is InChI=1S/C17H30N2O/c1-16(2,3)13-9-12(11-18-19(7)8)10-14(15(13)20)17(4,5)6/h9-10,18,20H,11H2,1-8H3. The predicted octanol–water partition coefficient (Wildman–Crippen LogP) is 3.55. The lowest BCUT2D eigenvalue weighted by Crippen LogP contribution is -2.30. The SMILES string of the molecule is CN(C)NCc1cc(C(C)(C)C)c(O)c(C(C)(C)C)c1. The topological polar surface area (TPSA) is 35.5 Å². The van der Waals surface area contributed by atoms with Crippen molar-refractivity contribution in [1.82, 2.24) is 10.4 Å². The highest BCUT2D eigenvalue weighted by atomic mass is 16.3. The normalized spacial score (nSPS) is 13.1. The van der Waals surface area contributed by atoms with Crippen molar-refractivity contribution in [3.05, 3.63) is 28.8 Å². The van der Waals surface area contributed by atoms with Crippen LogP contribution in [-0.4, -0.2) is 24.2 Å². The molecule has 0 aliphatic heterocycles. The van der Waals surface area contributed by atoms with Crippen LogP contribution in [0.2, 0.25) is 0 Å². The molecule has 20 heavy (non-hydrogen) atoms. The minimum atomic E-state index is -0.0712. The Morgan fingerprint density at radius 1 is 0.950 bits per heavy atom. The summed E-state index contributed by atoms with van der Waals surface area (Å²) in [5.41, 5.74) is 6.38. The number of aromatic hydroxyl groups is 1. The number of hydrazine groups is 1. The Bertz CT molecular complexity index is 430. The van der Waals surface area contributed by atoms with Crippen LogP contribution in [0.3, 0.4) is 0 Å². The van der Waals surface area contributed by atoms with Gasteiger partial charge in [0.2, 0.25) is 0 Å². The smallest absolute Gasteiger partial charge is 0.123 e. The first-order valence-corrected chi connectivity index (χ1v) is 7.20. The van der Waals surface area contributed by atoms with Gasteiger partial charge in [-0.2, -0.15) is 0 Å². The molecule has 0 aliphatic carbocycles. The highest BCUT2D eigenvalue weighted by Gasteiger charge is 2.26. The Hall–Kier alpha value is -1.06. The van der Waals surface area contributed by atoms with Crippen LogP contribution in [0, 0.1) is 0 Å². The Morgan fingerprint density at radius 2 is 1.35 bits per heavy atom. The quantitative estimate of drug-likeness (QED) is 0.830. The van der Waals surface area contributed by atoms with Crippen molar-refractivity contribution in [2.45, 2.75) is 58.9 Å². The third-order valence-corrected chi connectivity index (χ3v) is 3.39. The van der Waals surface area contributed by atoms with Gasteiger partial charge in [-0.25, -0.2) is 0 Å². The molecule has 2 N–H and O–H groups in total. The maximum Gasteiger partial charge on any atom is 0.123 e. The van der Waals surface area contributed by atoms with E-state index in [2.05, 4.69) is 59.1 Å². The first-order valence-electron chi connectivity index (χ1n) is 7.20. The van der Waals surface area contributed by atoms with Crippen LogP contribution in [0.15, 0.2) is 12.1 Å². The van der Waals surface area contributed by atoms with Gasteiger partial charge >= 0.3 is 0 Å². The predicted molar refractivity (Wildman–Crippen MR) is 86.0 cm³/mol. The summed E-state index contributed by atoms with van der Waals surface area (Å²) in [5.74, 6) is 0.443. The van der Waals surface area contributed by atoms with E-state index in [0.29, 0.717) is 5.75 Å². The van der Waals surface area contributed by atoms with E-state index in [0.717, 1.165) is 17.7 Å². The lowest BCUT2D eigenvalue weighted by atomic mass is 9.78. The third-order valence-electron chi connectivity index (χ3n) is 3.39. The van der Waals surface area contributed by atoms with Gasteiger partial charge in [-0.3, -0.25) is 10.4 Å². The number of rotatable bonds is 3. The molecule has 0 radical (unpaired) electrons. The lowest BCUT2D eigenvalue weighted by molar-refractivity contribution is 0.285. The molecule has 0 saturated heterocycles. The monoisotopic (exact) mass is 278 g/mol. The van der Waals surface area contributed by atoms with Crippen molar-refractivity contribution in [1.29, 1.82) is 0 Å². The van der Waals surface area contributed by atoms with E-state index in [4.69, 9.17) is 0 Å². The van der Waals surface area contributed by atoms with Crippen LogP contribution in [0.25, 0.3) is 0 Å². The molecule has 0 saturated carbocycles. The molecule has 0 spiro atoms. The Balaban J connectivity index is 3.35. The molecule has 0 aliphatic rings.